The highest BCUT2D eigenvalue weighted by atomic mass is 79.9. The number of hydrogen-bond donors (Lipinski definition) is 1. The smallest absolute Gasteiger partial charge is 0.0907 e. The topological polar surface area (TPSA) is 24.9 Å². The van der Waals surface area contributed by atoms with E-state index in [0.29, 0.717) is 0 Å². The molecule has 0 spiro atoms. The summed E-state index contributed by atoms with van der Waals surface area (Å²) >= 11 is 5.30. The summed E-state index contributed by atoms with van der Waals surface area (Å²) in [5.41, 5.74) is 3.46. The fourth-order valence-electron chi connectivity index (χ4n) is 1.99. The second-order valence-corrected chi connectivity index (χ2v) is 6.45. The van der Waals surface area contributed by atoms with Gasteiger partial charge in [-0.15, -0.1) is 11.3 Å². The number of hydrogen-bond acceptors (Lipinski definition) is 3. The van der Waals surface area contributed by atoms with E-state index in [4.69, 9.17) is 0 Å². The van der Waals surface area contributed by atoms with Crippen LogP contribution in [0.2, 0.25) is 0 Å². The summed E-state index contributed by atoms with van der Waals surface area (Å²) < 4.78 is 2.37. The van der Waals surface area contributed by atoms with Crippen LogP contribution in [0.1, 0.15) is 10.6 Å². The molecule has 96 valence electrons. The molecule has 19 heavy (non-hydrogen) atoms. The number of aryl methyl sites for hydroxylation is 1. The molecule has 4 heteroatoms. The quantitative estimate of drug-likeness (QED) is 0.731. The molecule has 0 atom stereocenters. The monoisotopic (exact) mass is 332 g/mol. The summed E-state index contributed by atoms with van der Waals surface area (Å²) in [7, 11) is 0. The summed E-state index contributed by atoms with van der Waals surface area (Å²) in [4.78, 5) is 4.47. The first-order valence-electron chi connectivity index (χ1n) is 6.07. The molecular weight excluding hydrogens is 320 g/mol. The second kappa shape index (κ2) is 5.31. The first-order chi connectivity index (χ1) is 9.22. The lowest BCUT2D eigenvalue weighted by molar-refractivity contribution is 1.14. The van der Waals surface area contributed by atoms with E-state index in [1.165, 1.54) is 10.3 Å². The van der Waals surface area contributed by atoms with Crippen LogP contribution in [0.15, 0.2) is 46.9 Å². The van der Waals surface area contributed by atoms with Crippen LogP contribution >= 0.6 is 27.3 Å². The van der Waals surface area contributed by atoms with Gasteiger partial charge >= 0.3 is 0 Å². The number of fused-ring (bicyclic) bond motifs is 1. The zero-order chi connectivity index (χ0) is 13.2. The zero-order valence-electron chi connectivity index (χ0n) is 10.5. The number of thiazole rings is 1. The van der Waals surface area contributed by atoms with E-state index < -0.39 is 0 Å². The van der Waals surface area contributed by atoms with Crippen molar-refractivity contribution in [3.05, 3.63) is 57.5 Å². The Balaban J connectivity index is 1.80. The first kappa shape index (κ1) is 12.6. The van der Waals surface area contributed by atoms with Crippen LogP contribution in [0.3, 0.4) is 0 Å². The third kappa shape index (κ3) is 2.80. The molecule has 2 nitrogen and oxygen atoms in total. The molecule has 0 bridgehead atoms. The molecule has 0 unspecified atom stereocenters. The Morgan fingerprint density at radius 2 is 2.05 bits per heavy atom. The van der Waals surface area contributed by atoms with E-state index in [2.05, 4.69) is 62.6 Å². The molecule has 0 aliphatic heterocycles. The molecule has 0 aliphatic carbocycles. The fraction of sp³-hybridized carbons (Fsp3) is 0.133. The molecule has 2 aromatic carbocycles. The number of halogens is 1. The summed E-state index contributed by atoms with van der Waals surface area (Å²) in [6.07, 6.45) is 0. The number of anilines is 1. The Bertz CT molecular complexity index is 721. The van der Waals surface area contributed by atoms with E-state index in [1.807, 2.05) is 13.0 Å². The largest absolute Gasteiger partial charge is 0.381 e. The summed E-state index contributed by atoms with van der Waals surface area (Å²) in [5, 5.41) is 4.56. The van der Waals surface area contributed by atoms with Gasteiger partial charge in [-0.3, -0.25) is 0 Å². The molecular formula is C15H13BrN2S. The van der Waals surface area contributed by atoms with Crippen molar-refractivity contribution in [1.82, 2.24) is 4.98 Å². The molecule has 0 aliphatic rings. The van der Waals surface area contributed by atoms with Crippen LogP contribution in [0, 0.1) is 6.92 Å². The average molecular weight is 333 g/mol. The van der Waals surface area contributed by atoms with Crippen molar-refractivity contribution in [2.45, 2.75) is 13.5 Å². The minimum Gasteiger partial charge on any atom is -0.381 e. The zero-order valence-corrected chi connectivity index (χ0v) is 12.9. The van der Waals surface area contributed by atoms with Gasteiger partial charge in [0.25, 0.3) is 0 Å². The molecule has 1 aromatic heterocycles. The number of rotatable bonds is 3. The second-order valence-electron chi connectivity index (χ2n) is 4.36. The third-order valence-corrected chi connectivity index (χ3v) is 4.64. The van der Waals surface area contributed by atoms with Crippen LogP contribution in [-0.4, -0.2) is 4.98 Å². The van der Waals surface area contributed by atoms with Crippen LogP contribution < -0.4 is 5.32 Å². The lowest BCUT2D eigenvalue weighted by atomic mass is 10.2. The lowest BCUT2D eigenvalue weighted by Crippen LogP contribution is -1.99. The Morgan fingerprint density at radius 1 is 1.21 bits per heavy atom. The van der Waals surface area contributed by atoms with Gasteiger partial charge < -0.3 is 5.32 Å². The van der Waals surface area contributed by atoms with Crippen LogP contribution in [0.4, 0.5) is 5.69 Å². The van der Waals surface area contributed by atoms with Gasteiger partial charge in [-0.1, -0.05) is 34.1 Å². The number of benzene rings is 2. The molecule has 1 heterocycles. The van der Waals surface area contributed by atoms with Crippen molar-refractivity contribution >= 4 is 43.2 Å². The van der Waals surface area contributed by atoms with Gasteiger partial charge in [-0.25, -0.2) is 4.98 Å². The minimum absolute atomic E-state index is 0.810. The predicted molar refractivity (Wildman–Crippen MR) is 85.8 cm³/mol. The van der Waals surface area contributed by atoms with E-state index in [0.717, 1.165) is 27.2 Å². The van der Waals surface area contributed by atoms with Crippen molar-refractivity contribution < 1.29 is 0 Å². The fourth-order valence-corrected chi connectivity index (χ4v) is 3.28. The van der Waals surface area contributed by atoms with Crippen molar-refractivity contribution in [3.63, 3.8) is 0 Å². The van der Waals surface area contributed by atoms with Gasteiger partial charge in [-0.2, -0.15) is 0 Å². The highest BCUT2D eigenvalue weighted by Crippen LogP contribution is 2.25. The molecule has 1 N–H and O–H groups in total. The summed E-state index contributed by atoms with van der Waals surface area (Å²) in [6, 6.07) is 14.6. The third-order valence-electron chi connectivity index (χ3n) is 2.94. The maximum atomic E-state index is 4.47. The van der Waals surface area contributed by atoms with Gasteiger partial charge in [0.15, 0.2) is 0 Å². The van der Waals surface area contributed by atoms with Gasteiger partial charge in [-0.05, 0) is 36.8 Å². The minimum atomic E-state index is 0.810. The van der Waals surface area contributed by atoms with Crippen molar-refractivity contribution in [1.29, 1.82) is 0 Å². The number of aromatic nitrogens is 1. The number of nitrogens with zero attached hydrogens (tertiary/aromatic N) is 1. The Labute approximate surface area is 124 Å². The lowest BCUT2D eigenvalue weighted by Gasteiger charge is -2.08. The highest BCUT2D eigenvalue weighted by molar-refractivity contribution is 9.10. The molecule has 0 fully saturated rings. The van der Waals surface area contributed by atoms with Crippen molar-refractivity contribution in [2.24, 2.45) is 0 Å². The molecule has 0 saturated heterocycles. The van der Waals surface area contributed by atoms with E-state index >= 15 is 0 Å². The van der Waals surface area contributed by atoms with Gasteiger partial charge in [0.05, 0.1) is 15.2 Å². The molecule has 0 amide bonds. The SMILES string of the molecule is Cc1nc2ccc(NCc3ccccc3Br)cc2s1. The van der Waals surface area contributed by atoms with E-state index in [-0.39, 0.29) is 0 Å². The Morgan fingerprint density at radius 3 is 2.89 bits per heavy atom. The summed E-state index contributed by atoms with van der Waals surface area (Å²) in [6.45, 7) is 2.85. The van der Waals surface area contributed by atoms with E-state index in [1.54, 1.807) is 11.3 Å². The van der Waals surface area contributed by atoms with Gasteiger partial charge in [0.2, 0.25) is 0 Å². The molecule has 0 saturated carbocycles. The maximum Gasteiger partial charge on any atom is 0.0907 e. The van der Waals surface area contributed by atoms with Crippen LogP contribution in [-0.2, 0) is 6.54 Å². The Kier molecular flexibility index (Phi) is 3.53. The molecule has 3 aromatic rings. The van der Waals surface area contributed by atoms with Gasteiger partial charge in [0, 0.05) is 16.7 Å². The first-order valence-corrected chi connectivity index (χ1v) is 7.68. The Hall–Kier alpha value is -1.39. The molecule has 3 rings (SSSR count). The number of nitrogens with one attached hydrogen (secondary N) is 1. The van der Waals surface area contributed by atoms with Crippen molar-refractivity contribution in [3.8, 4) is 0 Å². The van der Waals surface area contributed by atoms with Crippen LogP contribution in [0.5, 0.6) is 0 Å². The normalized spacial score (nSPS) is 10.8. The maximum absolute atomic E-state index is 4.47. The van der Waals surface area contributed by atoms with Gasteiger partial charge in [0.1, 0.15) is 0 Å². The predicted octanol–water partition coefficient (Wildman–Crippen LogP) is 4.98. The van der Waals surface area contributed by atoms with Crippen molar-refractivity contribution in [2.75, 3.05) is 5.32 Å². The van der Waals surface area contributed by atoms with Crippen LogP contribution in [0.25, 0.3) is 10.2 Å². The standard InChI is InChI=1S/C15H13BrN2S/c1-10-18-14-7-6-12(8-15(14)19-10)17-9-11-4-2-3-5-13(11)16/h2-8,17H,9H2,1H3. The highest BCUT2D eigenvalue weighted by Gasteiger charge is 2.02. The van der Waals surface area contributed by atoms with E-state index in [9.17, 15) is 0 Å². The summed E-state index contributed by atoms with van der Waals surface area (Å²) in [5.74, 6) is 0. The molecule has 0 radical (unpaired) electrons. The average Bonchev–Trinajstić information content (AvgIpc) is 2.77.